The largest absolute Gasteiger partial charge is 0.303 e. The Kier molecular flexibility index (Phi) is 4.76. The van der Waals surface area contributed by atoms with Gasteiger partial charge in [0.2, 0.25) is 0 Å². The van der Waals surface area contributed by atoms with Crippen LogP contribution in [0.5, 0.6) is 0 Å². The van der Waals surface area contributed by atoms with Crippen molar-refractivity contribution in [1.82, 2.24) is 4.90 Å². The summed E-state index contributed by atoms with van der Waals surface area (Å²) >= 11 is 2.46. The second-order valence-electron chi connectivity index (χ2n) is 3.46. The van der Waals surface area contributed by atoms with E-state index in [2.05, 4.69) is 34.5 Å². The molecule has 1 fully saturated rings. The van der Waals surface area contributed by atoms with Crippen molar-refractivity contribution in [3.8, 4) is 0 Å². The number of halogens is 1. The third-order valence-electron chi connectivity index (χ3n) is 2.64. The van der Waals surface area contributed by atoms with E-state index in [1.165, 1.54) is 43.1 Å². The van der Waals surface area contributed by atoms with E-state index in [-0.39, 0.29) is 0 Å². The summed E-state index contributed by atoms with van der Waals surface area (Å²) in [6, 6.07) is 0.901. The van der Waals surface area contributed by atoms with E-state index < -0.39 is 0 Å². The molecule has 0 amide bonds. The van der Waals surface area contributed by atoms with Gasteiger partial charge >= 0.3 is 0 Å². The van der Waals surface area contributed by atoms with Crippen LogP contribution in [0.3, 0.4) is 0 Å². The lowest BCUT2D eigenvalue weighted by Crippen LogP contribution is -2.34. The molecule has 0 atom stereocenters. The maximum atomic E-state index is 2.53. The van der Waals surface area contributed by atoms with E-state index in [1.54, 1.807) is 0 Å². The molecule has 1 nitrogen and oxygen atoms in total. The van der Waals surface area contributed by atoms with Crippen LogP contribution < -0.4 is 0 Å². The third-order valence-corrected chi connectivity index (χ3v) is 3.12. The minimum absolute atomic E-state index is 0.901. The molecule has 11 heavy (non-hydrogen) atoms. The maximum Gasteiger partial charge on any atom is 0.0123 e. The summed E-state index contributed by atoms with van der Waals surface area (Å²) in [6.07, 6.45) is 7.25. The molecule has 0 bridgehead atoms. The van der Waals surface area contributed by atoms with Crippen LogP contribution in [0.25, 0.3) is 0 Å². The van der Waals surface area contributed by atoms with E-state index in [1.807, 2.05) is 0 Å². The molecule has 1 saturated carbocycles. The van der Waals surface area contributed by atoms with Crippen LogP contribution in [-0.2, 0) is 0 Å². The van der Waals surface area contributed by atoms with Gasteiger partial charge in [0.05, 0.1) is 0 Å². The fourth-order valence-corrected chi connectivity index (χ4v) is 2.60. The Labute approximate surface area is 83.7 Å². The molecule has 1 rings (SSSR count). The second-order valence-corrected chi connectivity index (χ2v) is 4.54. The molecule has 0 heterocycles. The summed E-state index contributed by atoms with van der Waals surface area (Å²) in [5.74, 6) is 0. The Morgan fingerprint density at radius 1 is 1.27 bits per heavy atom. The van der Waals surface area contributed by atoms with Crippen LogP contribution in [0, 0.1) is 0 Å². The van der Waals surface area contributed by atoms with E-state index in [0.717, 1.165) is 6.04 Å². The van der Waals surface area contributed by atoms with Gasteiger partial charge in [0.1, 0.15) is 0 Å². The Morgan fingerprint density at radius 2 is 1.91 bits per heavy atom. The molecule has 0 unspecified atom stereocenters. The molecule has 0 aromatic heterocycles. The van der Waals surface area contributed by atoms with Crippen LogP contribution in [-0.4, -0.2) is 29.0 Å². The van der Waals surface area contributed by atoms with Crippen molar-refractivity contribution in [2.75, 3.05) is 18.0 Å². The summed E-state index contributed by atoms with van der Waals surface area (Å²) < 4.78 is 1.27. The number of hydrogen-bond donors (Lipinski definition) is 0. The molecule has 1 aliphatic rings. The molecule has 0 N–H and O–H groups in total. The molecule has 0 saturated heterocycles. The Balaban J connectivity index is 2.21. The first-order valence-corrected chi connectivity index (χ1v) is 6.13. The van der Waals surface area contributed by atoms with Crippen molar-refractivity contribution in [2.24, 2.45) is 0 Å². The zero-order chi connectivity index (χ0) is 8.10. The van der Waals surface area contributed by atoms with Crippen molar-refractivity contribution >= 4 is 22.6 Å². The van der Waals surface area contributed by atoms with E-state index in [9.17, 15) is 0 Å². The predicted octanol–water partition coefficient (Wildman–Crippen LogP) is 2.69. The van der Waals surface area contributed by atoms with Gasteiger partial charge in [-0.05, 0) is 19.9 Å². The Morgan fingerprint density at radius 3 is 2.45 bits per heavy atom. The molecule has 0 aromatic carbocycles. The van der Waals surface area contributed by atoms with Gasteiger partial charge in [0.15, 0.2) is 0 Å². The number of nitrogens with zero attached hydrogens (tertiary/aromatic N) is 1. The second kappa shape index (κ2) is 5.36. The molecule has 0 aliphatic heterocycles. The average molecular weight is 267 g/mol. The lowest BCUT2D eigenvalue weighted by atomic mass is 9.95. The number of rotatable bonds is 3. The molecule has 66 valence electrons. The third kappa shape index (κ3) is 3.28. The van der Waals surface area contributed by atoms with Gasteiger partial charge < -0.3 is 4.90 Å². The van der Waals surface area contributed by atoms with Gasteiger partial charge in [-0.2, -0.15) is 0 Å². The van der Waals surface area contributed by atoms with Gasteiger partial charge in [-0.15, -0.1) is 0 Å². The van der Waals surface area contributed by atoms with Crippen molar-refractivity contribution in [1.29, 1.82) is 0 Å². The average Bonchev–Trinajstić information content (AvgIpc) is 2.07. The van der Waals surface area contributed by atoms with Crippen LogP contribution in [0.2, 0.25) is 0 Å². The van der Waals surface area contributed by atoms with Crippen molar-refractivity contribution < 1.29 is 0 Å². The van der Waals surface area contributed by atoms with Crippen molar-refractivity contribution in [2.45, 2.75) is 38.1 Å². The monoisotopic (exact) mass is 267 g/mol. The van der Waals surface area contributed by atoms with Crippen molar-refractivity contribution in [3.05, 3.63) is 0 Å². The van der Waals surface area contributed by atoms with Crippen LogP contribution in [0.4, 0.5) is 0 Å². The standard InChI is InChI=1S/C9H18IN/c1-11(8-7-10)9-5-3-2-4-6-9/h9H,2-8H2,1H3. The normalized spacial score (nSPS) is 21.0. The first-order valence-electron chi connectivity index (χ1n) is 4.61. The molecular weight excluding hydrogens is 249 g/mol. The molecule has 0 aromatic rings. The highest BCUT2D eigenvalue weighted by Crippen LogP contribution is 2.21. The van der Waals surface area contributed by atoms with E-state index >= 15 is 0 Å². The molecule has 0 spiro atoms. The Bertz CT molecular complexity index is 99.7. The minimum atomic E-state index is 0.901. The molecule has 2 heteroatoms. The first-order chi connectivity index (χ1) is 5.34. The van der Waals surface area contributed by atoms with E-state index in [0.29, 0.717) is 0 Å². The summed E-state index contributed by atoms with van der Waals surface area (Å²) in [6.45, 7) is 1.27. The van der Waals surface area contributed by atoms with Gasteiger partial charge in [-0.1, -0.05) is 41.9 Å². The van der Waals surface area contributed by atoms with Gasteiger partial charge in [0.25, 0.3) is 0 Å². The fraction of sp³-hybridized carbons (Fsp3) is 1.00. The maximum absolute atomic E-state index is 2.53. The quantitative estimate of drug-likeness (QED) is 0.561. The van der Waals surface area contributed by atoms with Gasteiger partial charge in [-0.3, -0.25) is 0 Å². The predicted molar refractivity (Wildman–Crippen MR) is 58.4 cm³/mol. The number of hydrogen-bond acceptors (Lipinski definition) is 1. The highest BCUT2D eigenvalue weighted by Gasteiger charge is 2.16. The first kappa shape index (κ1) is 9.78. The molecular formula is C9H18IN. The van der Waals surface area contributed by atoms with Crippen LogP contribution in [0.15, 0.2) is 0 Å². The molecule has 0 radical (unpaired) electrons. The SMILES string of the molecule is CN(CCI)C1CCCCC1. The zero-order valence-electron chi connectivity index (χ0n) is 7.35. The summed E-state index contributed by atoms with van der Waals surface area (Å²) in [5.41, 5.74) is 0. The number of alkyl halides is 1. The lowest BCUT2D eigenvalue weighted by molar-refractivity contribution is 0.203. The summed E-state index contributed by atoms with van der Waals surface area (Å²) in [5, 5.41) is 0. The summed E-state index contributed by atoms with van der Waals surface area (Å²) in [4.78, 5) is 2.53. The van der Waals surface area contributed by atoms with Crippen molar-refractivity contribution in [3.63, 3.8) is 0 Å². The van der Waals surface area contributed by atoms with Gasteiger partial charge in [-0.25, -0.2) is 0 Å². The van der Waals surface area contributed by atoms with E-state index in [4.69, 9.17) is 0 Å². The Hall–Kier alpha value is 0.690. The van der Waals surface area contributed by atoms with Gasteiger partial charge in [0, 0.05) is 17.0 Å². The van der Waals surface area contributed by atoms with Crippen LogP contribution in [0.1, 0.15) is 32.1 Å². The molecule has 1 aliphatic carbocycles. The topological polar surface area (TPSA) is 3.24 Å². The zero-order valence-corrected chi connectivity index (χ0v) is 9.51. The highest BCUT2D eigenvalue weighted by atomic mass is 127. The smallest absolute Gasteiger partial charge is 0.0123 e. The minimum Gasteiger partial charge on any atom is -0.303 e. The fourth-order valence-electron chi connectivity index (χ4n) is 1.84. The highest BCUT2D eigenvalue weighted by molar-refractivity contribution is 14.1. The lowest BCUT2D eigenvalue weighted by Gasteiger charge is -2.30. The van der Waals surface area contributed by atoms with Crippen LogP contribution >= 0.6 is 22.6 Å². The summed E-state index contributed by atoms with van der Waals surface area (Å²) in [7, 11) is 2.27.